The predicted octanol–water partition coefficient (Wildman–Crippen LogP) is 7.07. The molecule has 234 valence electrons. The van der Waals surface area contributed by atoms with Crippen LogP contribution in [0.4, 0.5) is 4.39 Å². The van der Waals surface area contributed by atoms with Gasteiger partial charge in [-0.25, -0.2) is 9.37 Å². The van der Waals surface area contributed by atoms with Gasteiger partial charge in [-0.15, -0.1) is 4.72 Å². The van der Waals surface area contributed by atoms with Crippen molar-refractivity contribution in [3.63, 3.8) is 0 Å². The number of nitriles is 1. The minimum atomic E-state index is -1.39. The first-order valence-electron chi connectivity index (χ1n) is 15.1. The van der Waals surface area contributed by atoms with Gasteiger partial charge in [0.2, 0.25) is 0 Å². The smallest absolute Gasteiger partial charge is 0.168 e. The zero-order valence-corrected chi connectivity index (χ0v) is 28.2. The minimum Gasteiger partial charge on any atom is -0.598 e. The van der Waals surface area contributed by atoms with Gasteiger partial charge in [0.15, 0.2) is 11.5 Å². The molecule has 1 fully saturated rings. The van der Waals surface area contributed by atoms with Crippen molar-refractivity contribution in [1.82, 2.24) is 14.3 Å². The number of nitrogens with zero attached hydrogens (tertiary/aromatic N) is 3. The van der Waals surface area contributed by atoms with Crippen molar-refractivity contribution in [3.8, 4) is 17.5 Å². The maximum Gasteiger partial charge on any atom is 0.168 e. The van der Waals surface area contributed by atoms with E-state index in [4.69, 9.17) is 19.2 Å². The van der Waals surface area contributed by atoms with Gasteiger partial charge in [-0.3, -0.25) is 0 Å². The number of rotatable bonds is 16. The maximum absolute atomic E-state index is 13.8. The zero-order valence-electron chi connectivity index (χ0n) is 26.4. The number of halogens is 1. The second-order valence-electron chi connectivity index (χ2n) is 13.2. The lowest BCUT2D eigenvalue weighted by molar-refractivity contribution is -0.164. The summed E-state index contributed by atoms with van der Waals surface area (Å²) >= 11 is -1.39. The summed E-state index contributed by atoms with van der Waals surface area (Å²) in [5.41, 5.74) is 1.59. The molecule has 1 N–H and O–H groups in total. The van der Waals surface area contributed by atoms with Crippen molar-refractivity contribution >= 4 is 19.4 Å². The Bertz CT molecular complexity index is 1170. The van der Waals surface area contributed by atoms with Crippen LogP contribution in [0.25, 0.3) is 11.4 Å². The van der Waals surface area contributed by atoms with Crippen molar-refractivity contribution in [3.05, 3.63) is 41.5 Å². The lowest BCUT2D eigenvalue weighted by Gasteiger charge is -2.29. The van der Waals surface area contributed by atoms with E-state index in [2.05, 4.69) is 37.4 Å². The van der Waals surface area contributed by atoms with Crippen LogP contribution >= 0.6 is 0 Å². The van der Waals surface area contributed by atoms with Crippen LogP contribution < -0.4 is 4.72 Å². The second kappa shape index (κ2) is 15.3. The largest absolute Gasteiger partial charge is 0.598 e. The van der Waals surface area contributed by atoms with Crippen LogP contribution in [0.15, 0.2) is 24.3 Å². The van der Waals surface area contributed by atoms with Crippen LogP contribution in [0, 0.1) is 17.1 Å². The van der Waals surface area contributed by atoms with Crippen LogP contribution in [0.2, 0.25) is 25.7 Å². The van der Waals surface area contributed by atoms with E-state index in [9.17, 15) is 14.2 Å². The first-order chi connectivity index (χ1) is 19.8. The van der Waals surface area contributed by atoms with E-state index in [1.807, 2.05) is 25.3 Å². The number of unbranched alkanes of at least 4 members (excludes halogenated alkanes) is 2. The third-order valence-corrected chi connectivity index (χ3v) is 10.8. The molecule has 1 aliphatic heterocycles. The van der Waals surface area contributed by atoms with Gasteiger partial charge in [-0.2, -0.15) is 5.26 Å². The molecule has 0 radical (unpaired) electrons. The SMILES string of the molecule is CCC1(CCCCC[C@H](N[S+]([O-])C(C)(C)C)c2c(C#N)nc(-c3ccc(F)cc3)n2COCC[Si](C)(C)C)OCCO1. The lowest BCUT2D eigenvalue weighted by Crippen LogP contribution is -2.42. The van der Waals surface area contributed by atoms with Crippen molar-refractivity contribution in [2.45, 2.75) is 115 Å². The number of hydrogen-bond acceptors (Lipinski definition) is 7. The van der Waals surface area contributed by atoms with Crippen molar-refractivity contribution < 1.29 is 23.2 Å². The average molecular weight is 621 g/mol. The van der Waals surface area contributed by atoms with E-state index in [0.717, 1.165) is 38.1 Å². The van der Waals surface area contributed by atoms with Gasteiger partial charge in [-0.05, 0) is 70.3 Å². The first-order valence-corrected chi connectivity index (χ1v) is 19.9. The molecule has 2 aromatic rings. The molecule has 1 aliphatic rings. The maximum atomic E-state index is 13.8. The molecule has 1 aromatic heterocycles. The molecule has 11 heteroatoms. The summed E-state index contributed by atoms with van der Waals surface area (Å²) < 4.78 is 49.8. The highest BCUT2D eigenvalue weighted by Gasteiger charge is 2.35. The molecule has 8 nitrogen and oxygen atoms in total. The van der Waals surface area contributed by atoms with Gasteiger partial charge in [-0.1, -0.05) is 39.4 Å². The summed E-state index contributed by atoms with van der Waals surface area (Å²) in [4.78, 5) is 4.70. The summed E-state index contributed by atoms with van der Waals surface area (Å²) in [6.45, 7) is 16.8. The van der Waals surface area contributed by atoms with E-state index >= 15 is 0 Å². The fourth-order valence-corrected chi connectivity index (χ4v) is 6.48. The number of imidazole rings is 1. The van der Waals surface area contributed by atoms with E-state index < -0.39 is 36.0 Å². The highest BCUT2D eigenvalue weighted by atomic mass is 32.2. The minimum absolute atomic E-state index is 0.190. The van der Waals surface area contributed by atoms with Crippen molar-refractivity contribution in [2.24, 2.45) is 0 Å². The molecular weight excluding hydrogens is 572 g/mol. The molecule has 1 saturated heterocycles. The van der Waals surface area contributed by atoms with Crippen molar-refractivity contribution in [2.75, 3.05) is 19.8 Å². The monoisotopic (exact) mass is 620 g/mol. The van der Waals surface area contributed by atoms with Gasteiger partial charge >= 0.3 is 0 Å². The van der Waals surface area contributed by atoms with Gasteiger partial charge in [0.1, 0.15) is 29.2 Å². The van der Waals surface area contributed by atoms with E-state index in [0.29, 0.717) is 43.3 Å². The third kappa shape index (κ3) is 9.87. The number of benzene rings is 1. The third-order valence-electron chi connectivity index (χ3n) is 7.47. The highest BCUT2D eigenvalue weighted by molar-refractivity contribution is 7.90. The second-order valence-corrected chi connectivity index (χ2v) is 20.8. The molecular formula is C31H49FN4O4SSi. The lowest BCUT2D eigenvalue weighted by atomic mass is 10.0. The average Bonchev–Trinajstić information content (AvgIpc) is 3.55. The molecule has 0 amide bonds. The Morgan fingerprint density at radius 3 is 2.43 bits per heavy atom. The van der Waals surface area contributed by atoms with Gasteiger partial charge in [0, 0.05) is 38.0 Å². The van der Waals surface area contributed by atoms with Crippen molar-refractivity contribution in [1.29, 1.82) is 5.26 Å². The molecule has 2 atom stereocenters. The summed E-state index contributed by atoms with van der Waals surface area (Å²) in [7, 11) is -1.32. The van der Waals surface area contributed by atoms with Crippen LogP contribution in [0.5, 0.6) is 0 Å². The van der Waals surface area contributed by atoms with E-state index in [1.54, 1.807) is 12.1 Å². The Hall–Kier alpha value is -1.78. The van der Waals surface area contributed by atoms with Crippen LogP contribution in [0.3, 0.4) is 0 Å². The van der Waals surface area contributed by atoms with Crippen LogP contribution in [0.1, 0.15) is 83.6 Å². The molecule has 1 unspecified atom stereocenters. The Kier molecular flexibility index (Phi) is 12.6. The molecule has 0 bridgehead atoms. The predicted molar refractivity (Wildman–Crippen MR) is 168 cm³/mol. The summed E-state index contributed by atoms with van der Waals surface area (Å²) in [5, 5.41) is 10.2. The van der Waals surface area contributed by atoms with E-state index in [-0.39, 0.29) is 18.2 Å². The molecule has 0 aliphatic carbocycles. The molecule has 42 heavy (non-hydrogen) atoms. The summed E-state index contributed by atoms with van der Waals surface area (Å²) in [5.74, 6) is -0.291. The van der Waals surface area contributed by atoms with Gasteiger partial charge in [0.05, 0.1) is 24.9 Å². The van der Waals surface area contributed by atoms with Crippen LogP contribution in [-0.2, 0) is 32.3 Å². The topological polar surface area (TPSA) is 104 Å². The molecule has 1 aromatic carbocycles. The normalized spacial score (nSPS) is 16.9. The zero-order chi connectivity index (χ0) is 31.0. The van der Waals surface area contributed by atoms with Gasteiger partial charge in [0.25, 0.3) is 0 Å². The van der Waals surface area contributed by atoms with Crippen LogP contribution in [-0.4, -0.2) is 52.5 Å². The summed E-state index contributed by atoms with van der Waals surface area (Å²) in [6.07, 6.45) is 5.02. The number of nitrogens with one attached hydrogen (secondary N) is 1. The first kappa shape index (κ1) is 34.7. The molecule has 0 saturated carbocycles. The Morgan fingerprint density at radius 1 is 1.19 bits per heavy atom. The van der Waals surface area contributed by atoms with E-state index in [1.165, 1.54) is 12.1 Å². The van der Waals surface area contributed by atoms with Gasteiger partial charge < -0.3 is 23.3 Å². The molecule has 3 rings (SSSR count). The highest BCUT2D eigenvalue weighted by Crippen LogP contribution is 2.33. The fraction of sp³-hybridized carbons (Fsp3) is 0.677. The Labute approximate surface area is 255 Å². The summed E-state index contributed by atoms with van der Waals surface area (Å²) in [6, 6.07) is 8.96. The Balaban J connectivity index is 1.90. The molecule has 2 heterocycles. The molecule has 0 spiro atoms. The standard InChI is InChI=1S/C31H49FN4O4SSi/c1-8-31(39-18-19-40-31)17-11-9-10-12-26(35-41(37)30(2,3)4)28-27(22-33)34-29(24-13-15-25(32)16-14-24)36(28)23-38-20-21-42(5,6)7/h13-16,26,35H,8-12,17-21,23H2,1-7H3/t26-,41?/m0/s1. The Morgan fingerprint density at radius 2 is 1.86 bits per heavy atom. The number of hydrogen-bond donors (Lipinski definition) is 1. The quantitative estimate of drug-likeness (QED) is 0.122. The number of ether oxygens (including phenoxy) is 3. The number of aromatic nitrogens is 2. The fourth-order valence-electron chi connectivity index (χ4n) is 4.88.